The summed E-state index contributed by atoms with van der Waals surface area (Å²) >= 11 is 0. The average molecular weight is 226 g/mol. The Labute approximate surface area is 99.6 Å². The van der Waals surface area contributed by atoms with Gasteiger partial charge in [-0.1, -0.05) is 6.42 Å². The standard InChI is InChI=1S/C13H26N2O/c1-13(2,3)14-12(16)9-8-11-7-5-6-10-15(11)4/h11H,5-10H2,1-4H3,(H,14,16). The molecule has 0 aromatic rings. The maximum Gasteiger partial charge on any atom is 0.220 e. The number of piperidine rings is 1. The highest BCUT2D eigenvalue weighted by Gasteiger charge is 2.20. The number of carbonyl (C=O) groups is 1. The summed E-state index contributed by atoms with van der Waals surface area (Å²) in [6, 6.07) is 0.611. The molecule has 0 saturated carbocycles. The van der Waals surface area contributed by atoms with E-state index in [2.05, 4.69) is 17.3 Å². The normalized spacial score (nSPS) is 23.1. The van der Waals surface area contributed by atoms with E-state index in [1.165, 1.54) is 25.8 Å². The number of amides is 1. The van der Waals surface area contributed by atoms with Crippen LogP contribution in [0.15, 0.2) is 0 Å². The van der Waals surface area contributed by atoms with Crippen LogP contribution in [-0.2, 0) is 4.79 Å². The summed E-state index contributed by atoms with van der Waals surface area (Å²) < 4.78 is 0. The van der Waals surface area contributed by atoms with Crippen LogP contribution in [-0.4, -0.2) is 36.0 Å². The molecule has 1 aliphatic heterocycles. The van der Waals surface area contributed by atoms with Gasteiger partial charge in [0.25, 0.3) is 0 Å². The topological polar surface area (TPSA) is 32.3 Å². The van der Waals surface area contributed by atoms with Gasteiger partial charge < -0.3 is 10.2 Å². The van der Waals surface area contributed by atoms with Crippen molar-refractivity contribution >= 4 is 5.91 Å². The Hall–Kier alpha value is -0.570. The summed E-state index contributed by atoms with van der Waals surface area (Å²) in [5.74, 6) is 0.187. The third-order valence-electron chi connectivity index (χ3n) is 3.14. The van der Waals surface area contributed by atoms with E-state index in [9.17, 15) is 4.79 Å². The molecule has 1 rings (SSSR count). The van der Waals surface area contributed by atoms with Crippen molar-refractivity contribution in [3.8, 4) is 0 Å². The lowest BCUT2D eigenvalue weighted by atomic mass is 9.98. The molecule has 1 aliphatic rings. The molecular formula is C13H26N2O. The van der Waals surface area contributed by atoms with E-state index in [-0.39, 0.29) is 11.4 Å². The van der Waals surface area contributed by atoms with Crippen LogP contribution in [0.1, 0.15) is 52.9 Å². The highest BCUT2D eigenvalue weighted by atomic mass is 16.1. The van der Waals surface area contributed by atoms with Crippen molar-refractivity contribution in [1.29, 1.82) is 0 Å². The zero-order valence-electron chi connectivity index (χ0n) is 11.2. The third kappa shape index (κ3) is 4.97. The van der Waals surface area contributed by atoms with Gasteiger partial charge in [-0.15, -0.1) is 0 Å². The summed E-state index contributed by atoms with van der Waals surface area (Å²) in [5.41, 5.74) is -0.102. The Balaban J connectivity index is 2.25. The predicted molar refractivity (Wildman–Crippen MR) is 67.4 cm³/mol. The number of likely N-dealkylation sites (tertiary alicyclic amines) is 1. The third-order valence-corrected chi connectivity index (χ3v) is 3.14. The maximum atomic E-state index is 11.7. The molecule has 1 atom stereocenters. The number of rotatable bonds is 3. The Bertz CT molecular complexity index is 233. The molecule has 3 nitrogen and oxygen atoms in total. The number of hydrogen-bond donors (Lipinski definition) is 1. The molecule has 0 spiro atoms. The van der Waals surface area contributed by atoms with Gasteiger partial charge in [-0.25, -0.2) is 0 Å². The van der Waals surface area contributed by atoms with Gasteiger partial charge in [0.1, 0.15) is 0 Å². The van der Waals surface area contributed by atoms with Crippen molar-refractivity contribution in [1.82, 2.24) is 10.2 Å². The SMILES string of the molecule is CN1CCCCC1CCC(=O)NC(C)(C)C. The maximum absolute atomic E-state index is 11.7. The van der Waals surface area contributed by atoms with Crippen molar-refractivity contribution in [2.75, 3.05) is 13.6 Å². The zero-order chi connectivity index (χ0) is 12.2. The first kappa shape index (κ1) is 13.5. The van der Waals surface area contributed by atoms with Crippen LogP contribution in [0.5, 0.6) is 0 Å². The molecule has 94 valence electrons. The van der Waals surface area contributed by atoms with Gasteiger partial charge >= 0.3 is 0 Å². The first-order valence-corrected chi connectivity index (χ1v) is 6.40. The van der Waals surface area contributed by atoms with E-state index in [0.29, 0.717) is 12.5 Å². The molecule has 16 heavy (non-hydrogen) atoms. The molecular weight excluding hydrogens is 200 g/mol. The van der Waals surface area contributed by atoms with Crippen molar-refractivity contribution < 1.29 is 4.79 Å². The lowest BCUT2D eigenvalue weighted by Crippen LogP contribution is -2.42. The monoisotopic (exact) mass is 226 g/mol. The zero-order valence-corrected chi connectivity index (χ0v) is 11.2. The summed E-state index contributed by atoms with van der Waals surface area (Å²) in [4.78, 5) is 14.1. The summed E-state index contributed by atoms with van der Waals surface area (Å²) in [6.07, 6.45) is 5.53. The summed E-state index contributed by atoms with van der Waals surface area (Å²) in [6.45, 7) is 7.26. The second-order valence-corrected chi connectivity index (χ2v) is 5.97. The fourth-order valence-corrected chi connectivity index (χ4v) is 2.29. The Morgan fingerprint density at radius 2 is 2.06 bits per heavy atom. The molecule has 0 aliphatic carbocycles. The molecule has 3 heteroatoms. The Kier molecular flexibility index (Phi) is 4.78. The Morgan fingerprint density at radius 3 is 2.62 bits per heavy atom. The molecule has 1 N–H and O–H groups in total. The van der Waals surface area contributed by atoms with Gasteiger partial charge in [0.05, 0.1) is 0 Å². The van der Waals surface area contributed by atoms with Crippen LogP contribution in [0.4, 0.5) is 0 Å². The number of nitrogens with one attached hydrogen (secondary N) is 1. The fraction of sp³-hybridized carbons (Fsp3) is 0.923. The lowest BCUT2D eigenvalue weighted by Gasteiger charge is -2.32. The summed E-state index contributed by atoms with van der Waals surface area (Å²) in [5, 5.41) is 3.02. The van der Waals surface area contributed by atoms with Crippen LogP contribution >= 0.6 is 0 Å². The quantitative estimate of drug-likeness (QED) is 0.800. The van der Waals surface area contributed by atoms with Gasteiger partial charge in [-0.05, 0) is 53.6 Å². The van der Waals surface area contributed by atoms with E-state index in [1.807, 2.05) is 20.8 Å². The highest BCUT2D eigenvalue weighted by Crippen LogP contribution is 2.19. The van der Waals surface area contributed by atoms with Crippen molar-refractivity contribution in [2.45, 2.75) is 64.5 Å². The first-order chi connectivity index (χ1) is 7.38. The minimum absolute atomic E-state index is 0.102. The molecule has 0 radical (unpaired) electrons. The molecule has 0 bridgehead atoms. The molecule has 1 amide bonds. The van der Waals surface area contributed by atoms with Crippen molar-refractivity contribution in [3.63, 3.8) is 0 Å². The highest BCUT2D eigenvalue weighted by molar-refractivity contribution is 5.76. The molecule has 1 heterocycles. The van der Waals surface area contributed by atoms with E-state index < -0.39 is 0 Å². The van der Waals surface area contributed by atoms with Gasteiger partial charge in [0.15, 0.2) is 0 Å². The minimum Gasteiger partial charge on any atom is -0.352 e. The molecule has 1 unspecified atom stereocenters. The molecule has 0 aromatic heterocycles. The van der Waals surface area contributed by atoms with Crippen molar-refractivity contribution in [3.05, 3.63) is 0 Å². The molecule has 1 fully saturated rings. The number of nitrogens with zero attached hydrogens (tertiary/aromatic N) is 1. The van der Waals surface area contributed by atoms with Crippen LogP contribution in [0.25, 0.3) is 0 Å². The predicted octanol–water partition coefficient (Wildman–Crippen LogP) is 2.17. The van der Waals surface area contributed by atoms with Crippen LogP contribution in [0.3, 0.4) is 0 Å². The van der Waals surface area contributed by atoms with Gasteiger partial charge in [0.2, 0.25) is 5.91 Å². The second-order valence-electron chi connectivity index (χ2n) is 5.97. The molecule has 0 aromatic carbocycles. The van der Waals surface area contributed by atoms with E-state index in [1.54, 1.807) is 0 Å². The van der Waals surface area contributed by atoms with E-state index in [0.717, 1.165) is 6.42 Å². The van der Waals surface area contributed by atoms with Crippen LogP contribution in [0.2, 0.25) is 0 Å². The van der Waals surface area contributed by atoms with Gasteiger partial charge in [-0.2, -0.15) is 0 Å². The van der Waals surface area contributed by atoms with Gasteiger partial charge in [0, 0.05) is 18.0 Å². The second kappa shape index (κ2) is 5.67. The van der Waals surface area contributed by atoms with Crippen molar-refractivity contribution in [2.24, 2.45) is 0 Å². The average Bonchev–Trinajstić information content (AvgIpc) is 2.14. The smallest absolute Gasteiger partial charge is 0.220 e. The minimum atomic E-state index is -0.102. The van der Waals surface area contributed by atoms with E-state index >= 15 is 0 Å². The van der Waals surface area contributed by atoms with Gasteiger partial charge in [-0.3, -0.25) is 4.79 Å². The lowest BCUT2D eigenvalue weighted by molar-refractivity contribution is -0.122. The summed E-state index contributed by atoms with van der Waals surface area (Å²) in [7, 11) is 2.17. The van der Waals surface area contributed by atoms with Crippen LogP contribution in [0, 0.1) is 0 Å². The number of hydrogen-bond acceptors (Lipinski definition) is 2. The Morgan fingerprint density at radius 1 is 1.38 bits per heavy atom. The molecule has 1 saturated heterocycles. The van der Waals surface area contributed by atoms with Crippen LogP contribution < -0.4 is 5.32 Å². The largest absolute Gasteiger partial charge is 0.352 e. The first-order valence-electron chi connectivity index (χ1n) is 6.40. The number of carbonyl (C=O) groups excluding carboxylic acids is 1. The van der Waals surface area contributed by atoms with E-state index in [4.69, 9.17) is 0 Å². The fourth-order valence-electron chi connectivity index (χ4n) is 2.29.